The van der Waals surface area contributed by atoms with E-state index < -0.39 is 0 Å². The van der Waals surface area contributed by atoms with Crippen molar-refractivity contribution in [3.63, 3.8) is 0 Å². The van der Waals surface area contributed by atoms with E-state index in [2.05, 4.69) is 64.8 Å². The van der Waals surface area contributed by atoms with E-state index in [1.54, 1.807) is 6.20 Å². The van der Waals surface area contributed by atoms with Gasteiger partial charge in [0.05, 0.1) is 11.7 Å². The van der Waals surface area contributed by atoms with Crippen molar-refractivity contribution in [2.24, 2.45) is 0 Å². The number of pyridine rings is 1. The lowest BCUT2D eigenvalue weighted by molar-refractivity contribution is 0.0745. The SMILES string of the molecule is CCCCN(CCCC)C(=O)c1cc2c(cn1)nc(Nc1ccc(C)cc1)n2CCCN1CCCCC1. The third kappa shape index (κ3) is 7.31. The van der Waals surface area contributed by atoms with Gasteiger partial charge in [-0.2, -0.15) is 0 Å². The van der Waals surface area contributed by atoms with Crippen LogP contribution in [0.2, 0.25) is 0 Å². The average Bonchev–Trinajstić information content (AvgIpc) is 3.26. The summed E-state index contributed by atoms with van der Waals surface area (Å²) in [5.41, 5.74) is 4.53. The van der Waals surface area contributed by atoms with Crippen LogP contribution >= 0.6 is 0 Å². The van der Waals surface area contributed by atoms with Gasteiger partial charge in [0.15, 0.2) is 0 Å². The number of benzene rings is 1. The molecule has 3 heterocycles. The van der Waals surface area contributed by atoms with E-state index in [0.29, 0.717) is 5.69 Å². The predicted octanol–water partition coefficient (Wildman–Crippen LogP) is 6.40. The van der Waals surface area contributed by atoms with Crippen molar-refractivity contribution in [3.05, 3.63) is 47.8 Å². The van der Waals surface area contributed by atoms with Crippen LogP contribution in [0.4, 0.5) is 11.6 Å². The zero-order valence-electron chi connectivity index (χ0n) is 23.0. The Kier molecular flexibility index (Phi) is 9.94. The maximum atomic E-state index is 13.5. The summed E-state index contributed by atoms with van der Waals surface area (Å²) in [5.74, 6) is 0.829. The molecule has 3 aromatic rings. The van der Waals surface area contributed by atoms with Gasteiger partial charge in [-0.3, -0.25) is 4.79 Å². The highest BCUT2D eigenvalue weighted by atomic mass is 16.2. The van der Waals surface area contributed by atoms with Crippen LogP contribution in [0.5, 0.6) is 0 Å². The molecule has 200 valence electrons. The molecule has 0 aliphatic carbocycles. The summed E-state index contributed by atoms with van der Waals surface area (Å²) in [6.45, 7) is 12.3. The Hall–Kier alpha value is -2.93. The van der Waals surface area contributed by atoms with Crippen LogP contribution in [0, 0.1) is 6.92 Å². The van der Waals surface area contributed by atoms with E-state index >= 15 is 0 Å². The topological polar surface area (TPSA) is 66.3 Å². The molecule has 1 aliphatic rings. The number of aryl methyl sites for hydroxylation is 2. The van der Waals surface area contributed by atoms with Crippen LogP contribution in [-0.4, -0.2) is 63.0 Å². The first-order valence-electron chi connectivity index (χ1n) is 14.3. The van der Waals surface area contributed by atoms with Crippen LogP contribution in [0.1, 0.15) is 81.3 Å². The second-order valence-electron chi connectivity index (χ2n) is 10.4. The van der Waals surface area contributed by atoms with Gasteiger partial charge in [0.2, 0.25) is 5.95 Å². The number of nitrogens with one attached hydrogen (secondary N) is 1. The van der Waals surface area contributed by atoms with Gasteiger partial charge >= 0.3 is 0 Å². The number of likely N-dealkylation sites (tertiary alicyclic amines) is 1. The van der Waals surface area contributed by atoms with Gasteiger partial charge in [-0.25, -0.2) is 9.97 Å². The molecule has 0 spiro atoms. The molecular weight excluding hydrogens is 460 g/mol. The van der Waals surface area contributed by atoms with Crippen molar-refractivity contribution in [3.8, 4) is 0 Å². The molecule has 1 aromatic carbocycles. The molecule has 0 atom stereocenters. The minimum atomic E-state index is 0.0258. The lowest BCUT2D eigenvalue weighted by atomic mass is 10.1. The number of carbonyl (C=O) groups excluding carboxylic acids is 1. The monoisotopic (exact) mass is 504 g/mol. The van der Waals surface area contributed by atoms with Crippen LogP contribution in [0.3, 0.4) is 0 Å². The fourth-order valence-corrected chi connectivity index (χ4v) is 5.04. The van der Waals surface area contributed by atoms with E-state index in [0.717, 1.165) is 81.0 Å². The van der Waals surface area contributed by atoms with E-state index in [4.69, 9.17) is 4.98 Å². The number of nitrogens with zero attached hydrogens (tertiary/aromatic N) is 5. The molecule has 4 rings (SSSR count). The summed E-state index contributed by atoms with van der Waals surface area (Å²) >= 11 is 0. The Morgan fingerprint density at radius 3 is 2.35 bits per heavy atom. The molecule has 0 saturated carbocycles. The first-order chi connectivity index (χ1) is 18.1. The van der Waals surface area contributed by atoms with Crippen LogP contribution < -0.4 is 5.32 Å². The molecule has 0 radical (unpaired) electrons. The zero-order chi connectivity index (χ0) is 26.0. The fourth-order valence-electron chi connectivity index (χ4n) is 5.04. The van der Waals surface area contributed by atoms with Gasteiger partial charge in [-0.05, 0) is 76.9 Å². The van der Waals surface area contributed by atoms with Crippen molar-refractivity contribution in [2.45, 2.75) is 78.7 Å². The van der Waals surface area contributed by atoms with Gasteiger partial charge in [-0.1, -0.05) is 50.8 Å². The summed E-state index contributed by atoms with van der Waals surface area (Å²) in [5, 5.41) is 3.52. The Bertz CT molecular complexity index is 1120. The Morgan fingerprint density at radius 1 is 0.973 bits per heavy atom. The molecule has 1 amide bonds. The van der Waals surface area contributed by atoms with Gasteiger partial charge in [0.1, 0.15) is 11.2 Å². The molecular formula is C30H44N6O. The summed E-state index contributed by atoms with van der Waals surface area (Å²) in [7, 11) is 0. The number of fused-ring (bicyclic) bond motifs is 1. The van der Waals surface area contributed by atoms with Crippen LogP contribution in [-0.2, 0) is 6.54 Å². The number of rotatable bonds is 13. The van der Waals surface area contributed by atoms with Crippen molar-refractivity contribution in [1.29, 1.82) is 0 Å². The molecule has 0 unspecified atom stereocenters. The van der Waals surface area contributed by atoms with E-state index in [1.165, 1.54) is 37.9 Å². The molecule has 1 aliphatic heterocycles. The highest BCUT2D eigenvalue weighted by molar-refractivity contribution is 5.95. The lowest BCUT2D eigenvalue weighted by Crippen LogP contribution is -2.33. The molecule has 1 N–H and O–H groups in total. The van der Waals surface area contributed by atoms with Crippen molar-refractivity contribution in [2.75, 3.05) is 38.0 Å². The molecule has 7 heteroatoms. The minimum Gasteiger partial charge on any atom is -0.337 e. The third-order valence-corrected chi connectivity index (χ3v) is 7.32. The second-order valence-corrected chi connectivity index (χ2v) is 10.4. The predicted molar refractivity (Wildman–Crippen MR) is 153 cm³/mol. The number of hydrogen-bond donors (Lipinski definition) is 1. The van der Waals surface area contributed by atoms with Crippen LogP contribution in [0.15, 0.2) is 36.5 Å². The second kappa shape index (κ2) is 13.6. The Morgan fingerprint density at radius 2 is 1.68 bits per heavy atom. The normalized spacial score (nSPS) is 14.2. The number of amides is 1. The maximum absolute atomic E-state index is 13.5. The minimum absolute atomic E-state index is 0.0258. The fraction of sp³-hybridized carbons (Fsp3) is 0.567. The maximum Gasteiger partial charge on any atom is 0.272 e. The molecule has 7 nitrogen and oxygen atoms in total. The number of unbranched alkanes of at least 4 members (excludes halogenated alkanes) is 2. The number of piperidine rings is 1. The zero-order valence-corrected chi connectivity index (χ0v) is 23.0. The van der Waals surface area contributed by atoms with E-state index in [1.807, 2.05) is 11.0 Å². The van der Waals surface area contributed by atoms with Gasteiger partial charge < -0.3 is 19.7 Å². The first kappa shape index (κ1) is 27.1. The lowest BCUT2D eigenvalue weighted by Gasteiger charge is -2.26. The summed E-state index contributed by atoms with van der Waals surface area (Å²) in [6.07, 6.45) is 10.9. The molecule has 37 heavy (non-hydrogen) atoms. The summed E-state index contributed by atoms with van der Waals surface area (Å²) in [4.78, 5) is 27.5. The first-order valence-corrected chi connectivity index (χ1v) is 14.3. The highest BCUT2D eigenvalue weighted by Gasteiger charge is 2.20. The number of anilines is 2. The Labute approximate surface area is 222 Å². The summed E-state index contributed by atoms with van der Waals surface area (Å²) < 4.78 is 2.24. The van der Waals surface area contributed by atoms with Crippen molar-refractivity contribution in [1.82, 2.24) is 24.3 Å². The third-order valence-electron chi connectivity index (χ3n) is 7.32. The number of imidazole rings is 1. The van der Waals surface area contributed by atoms with Gasteiger partial charge in [0.25, 0.3) is 5.91 Å². The largest absolute Gasteiger partial charge is 0.337 e. The average molecular weight is 505 g/mol. The standard InChI is InChI=1S/C30H44N6O/c1-4-6-19-35(20-7-5-2)29(37)26-22-28-27(23-31-26)33-30(32-25-14-12-24(3)13-15-25)36(28)21-11-18-34-16-9-8-10-17-34/h12-15,22-23H,4-11,16-21H2,1-3H3,(H,32,33). The quantitative estimate of drug-likeness (QED) is 0.292. The van der Waals surface area contributed by atoms with Gasteiger partial charge in [-0.15, -0.1) is 0 Å². The molecule has 1 saturated heterocycles. The number of hydrogen-bond acceptors (Lipinski definition) is 5. The highest BCUT2D eigenvalue weighted by Crippen LogP contribution is 2.25. The van der Waals surface area contributed by atoms with Crippen molar-refractivity contribution < 1.29 is 4.79 Å². The van der Waals surface area contributed by atoms with Gasteiger partial charge in [0, 0.05) is 25.3 Å². The number of aromatic nitrogens is 3. The summed E-state index contributed by atoms with van der Waals surface area (Å²) in [6, 6.07) is 10.3. The van der Waals surface area contributed by atoms with E-state index in [9.17, 15) is 4.79 Å². The van der Waals surface area contributed by atoms with E-state index in [-0.39, 0.29) is 5.91 Å². The van der Waals surface area contributed by atoms with Crippen LogP contribution in [0.25, 0.3) is 11.0 Å². The Balaban J connectivity index is 1.60. The smallest absolute Gasteiger partial charge is 0.272 e. The molecule has 2 aromatic heterocycles. The molecule has 1 fully saturated rings. The number of carbonyl (C=O) groups is 1. The molecule has 0 bridgehead atoms. The van der Waals surface area contributed by atoms with Crippen molar-refractivity contribution >= 4 is 28.6 Å².